The van der Waals surface area contributed by atoms with Gasteiger partial charge < -0.3 is 45.2 Å². The molecule has 15 atom stereocenters. The third-order valence-electron chi connectivity index (χ3n) is 15.0. The Kier molecular flexibility index (Phi) is 8.22. The van der Waals surface area contributed by atoms with Crippen molar-refractivity contribution >= 4 is 5.97 Å². The first-order chi connectivity index (χ1) is 20.9. The minimum atomic E-state index is -1.53. The molecule has 0 bridgehead atoms. The Morgan fingerprint density at radius 2 is 1.60 bits per heavy atom. The second-order valence-electron chi connectivity index (χ2n) is 17.1. The number of hydrogen-bond acceptors (Lipinski definition) is 9. The van der Waals surface area contributed by atoms with Crippen LogP contribution in [0.5, 0.6) is 0 Å². The van der Waals surface area contributed by atoms with Crippen molar-refractivity contribution in [2.24, 2.45) is 44.8 Å². The number of hydrogen-bond donors (Lipinski definition) is 7. The van der Waals surface area contributed by atoms with E-state index in [2.05, 4.69) is 26.8 Å². The van der Waals surface area contributed by atoms with Gasteiger partial charge in [-0.1, -0.05) is 39.3 Å². The summed E-state index contributed by atoms with van der Waals surface area (Å²) in [6.07, 6.45) is 1.81. The maximum absolute atomic E-state index is 12.9. The molecule has 45 heavy (non-hydrogen) atoms. The fourth-order valence-corrected chi connectivity index (χ4v) is 11.9. The number of aliphatic hydroxyl groups excluding tert-OH is 5. The van der Waals surface area contributed by atoms with Crippen LogP contribution in [0.3, 0.4) is 0 Å². The summed E-state index contributed by atoms with van der Waals surface area (Å²) in [5.41, 5.74) is -1.60. The fourth-order valence-electron chi connectivity index (χ4n) is 11.9. The van der Waals surface area contributed by atoms with Crippen molar-refractivity contribution in [3.63, 3.8) is 0 Å². The number of aliphatic carboxylic acids is 1. The molecule has 0 aromatic rings. The van der Waals surface area contributed by atoms with Crippen molar-refractivity contribution in [2.45, 2.75) is 141 Å². The molecule has 4 saturated carbocycles. The van der Waals surface area contributed by atoms with E-state index in [4.69, 9.17) is 9.47 Å². The molecule has 6 aliphatic rings. The van der Waals surface area contributed by atoms with E-state index < -0.39 is 65.8 Å². The molecule has 1 saturated heterocycles. The molecular weight excluding hydrogens is 580 g/mol. The first-order valence-electron chi connectivity index (χ1n) is 17.2. The lowest BCUT2D eigenvalue weighted by Crippen LogP contribution is -2.66. The molecule has 1 aliphatic heterocycles. The van der Waals surface area contributed by atoms with Crippen molar-refractivity contribution in [1.29, 1.82) is 0 Å². The van der Waals surface area contributed by atoms with Gasteiger partial charge in [0.25, 0.3) is 0 Å². The van der Waals surface area contributed by atoms with Crippen LogP contribution < -0.4 is 0 Å². The summed E-state index contributed by atoms with van der Waals surface area (Å²) < 4.78 is 11.8. The van der Waals surface area contributed by atoms with E-state index in [9.17, 15) is 40.5 Å². The third kappa shape index (κ3) is 4.67. The fraction of sp³-hybridized carbons (Fsp3) is 0.914. The van der Waals surface area contributed by atoms with Crippen LogP contribution >= 0.6 is 0 Å². The molecule has 0 unspecified atom stereocenters. The number of allylic oxidation sites excluding steroid dienone is 2. The number of rotatable bonds is 5. The molecule has 5 aliphatic carbocycles. The maximum atomic E-state index is 12.9. The maximum Gasteiger partial charge on any atom is 0.310 e. The molecule has 0 aromatic carbocycles. The Morgan fingerprint density at radius 3 is 2.27 bits per heavy atom. The molecule has 10 nitrogen and oxygen atoms in total. The number of fused-ring (bicyclic) bond motifs is 7. The summed E-state index contributed by atoms with van der Waals surface area (Å²) >= 11 is 0. The van der Waals surface area contributed by atoms with E-state index in [0.29, 0.717) is 32.1 Å². The van der Waals surface area contributed by atoms with Gasteiger partial charge in [-0.25, -0.2) is 0 Å². The van der Waals surface area contributed by atoms with Crippen molar-refractivity contribution in [3.05, 3.63) is 11.6 Å². The van der Waals surface area contributed by atoms with E-state index in [1.54, 1.807) is 0 Å². The molecule has 0 spiro atoms. The van der Waals surface area contributed by atoms with Gasteiger partial charge in [0.05, 0.1) is 30.3 Å². The summed E-state index contributed by atoms with van der Waals surface area (Å²) in [6, 6.07) is 0. The van der Waals surface area contributed by atoms with Gasteiger partial charge in [-0.15, -0.1) is 0 Å². The van der Waals surface area contributed by atoms with Crippen LogP contribution in [0.2, 0.25) is 0 Å². The van der Waals surface area contributed by atoms with Gasteiger partial charge in [-0.2, -0.15) is 0 Å². The van der Waals surface area contributed by atoms with Gasteiger partial charge in [0.2, 0.25) is 0 Å². The zero-order chi connectivity index (χ0) is 33.0. The highest BCUT2D eigenvalue weighted by atomic mass is 16.7. The van der Waals surface area contributed by atoms with Crippen molar-refractivity contribution in [1.82, 2.24) is 0 Å². The summed E-state index contributed by atoms with van der Waals surface area (Å²) in [5.74, 6) is -0.540. The minimum Gasteiger partial charge on any atom is -0.481 e. The number of ether oxygens (including phenoxy) is 2. The molecule has 0 radical (unpaired) electrons. The van der Waals surface area contributed by atoms with Gasteiger partial charge in [-0.05, 0) is 105 Å². The zero-order valence-electron chi connectivity index (χ0n) is 27.6. The van der Waals surface area contributed by atoms with Crippen LogP contribution in [0.25, 0.3) is 0 Å². The predicted molar refractivity (Wildman–Crippen MR) is 164 cm³/mol. The van der Waals surface area contributed by atoms with Crippen molar-refractivity contribution < 1.29 is 50.0 Å². The number of carboxylic acids is 1. The van der Waals surface area contributed by atoms with E-state index in [0.717, 1.165) is 32.1 Å². The zero-order valence-corrected chi connectivity index (χ0v) is 27.6. The minimum absolute atomic E-state index is 0.0805. The summed E-state index contributed by atoms with van der Waals surface area (Å²) in [5, 5.41) is 74.0. The van der Waals surface area contributed by atoms with E-state index >= 15 is 0 Å². The van der Waals surface area contributed by atoms with Gasteiger partial charge in [-0.3, -0.25) is 4.79 Å². The Balaban J connectivity index is 1.30. The lowest BCUT2D eigenvalue weighted by atomic mass is 9.33. The average molecular weight is 637 g/mol. The largest absolute Gasteiger partial charge is 0.481 e. The quantitative estimate of drug-likeness (QED) is 0.222. The number of aliphatic hydroxyl groups is 6. The van der Waals surface area contributed by atoms with Crippen LogP contribution in [-0.2, 0) is 14.3 Å². The Labute approximate surface area is 266 Å². The SMILES string of the molecule is C[C@@]1(O)CC[C@]2(C(=O)O)CC[C@]3(C)C(=CC[C@@H]4[C@@]5(C)CC[C@H](O)[C@](C)(CO[C@@H]6O[C@H](CO)[C@@H](O)[C@H](O)[C@H]6O)[C@H]5CC[C@]43C)[C@H]2C1. The Hall–Kier alpha value is -1.11. The van der Waals surface area contributed by atoms with E-state index in [-0.39, 0.29) is 40.6 Å². The summed E-state index contributed by atoms with van der Waals surface area (Å²) in [6.45, 7) is 10.6. The van der Waals surface area contributed by atoms with Crippen LogP contribution in [0.15, 0.2) is 11.6 Å². The Morgan fingerprint density at radius 1 is 0.911 bits per heavy atom. The van der Waals surface area contributed by atoms with E-state index in [1.165, 1.54) is 5.57 Å². The third-order valence-corrected chi connectivity index (χ3v) is 15.0. The van der Waals surface area contributed by atoms with Gasteiger partial charge in [0.15, 0.2) is 6.29 Å². The molecule has 0 amide bonds. The predicted octanol–water partition coefficient (Wildman–Crippen LogP) is 2.76. The van der Waals surface area contributed by atoms with Gasteiger partial charge in [0.1, 0.15) is 24.4 Å². The highest BCUT2D eigenvalue weighted by Gasteiger charge is 2.70. The molecule has 5 fully saturated rings. The molecular formula is C35H56O10. The lowest BCUT2D eigenvalue weighted by molar-refractivity contribution is -0.315. The normalized spacial score (nSPS) is 56.2. The number of carboxylic acid groups (broad SMARTS) is 1. The first-order valence-corrected chi connectivity index (χ1v) is 17.2. The topological polar surface area (TPSA) is 177 Å². The molecule has 10 heteroatoms. The lowest BCUT2D eigenvalue weighted by Gasteiger charge is -2.71. The van der Waals surface area contributed by atoms with Crippen molar-refractivity contribution in [3.8, 4) is 0 Å². The van der Waals surface area contributed by atoms with Crippen LogP contribution in [0.4, 0.5) is 0 Å². The van der Waals surface area contributed by atoms with Crippen LogP contribution in [-0.4, -0.2) is 97.3 Å². The standard InChI is InChI=1S/C35H56O10/c1-30(43)12-14-35(29(41)42)15-13-33(4)19(20(35)16-30)6-7-23-31(2)10-9-24(37)32(3,22(31)8-11-34(23,33)5)18-44-28-27(40)26(39)25(38)21(17-36)45-28/h6,20-28,36-40,43H,7-18H2,1-5H3,(H,41,42)/t20-,21-,22+,23-,24+,25-,26+,27-,28-,30-,31+,32-,33-,34-,35+/m1/s1. The van der Waals surface area contributed by atoms with E-state index in [1.807, 2.05) is 13.8 Å². The Bertz CT molecular complexity index is 1200. The highest BCUT2D eigenvalue weighted by Crippen LogP contribution is 2.75. The van der Waals surface area contributed by atoms with Gasteiger partial charge >= 0.3 is 5.97 Å². The molecule has 6 rings (SSSR count). The second-order valence-corrected chi connectivity index (χ2v) is 17.1. The number of carbonyl (C=O) groups is 1. The average Bonchev–Trinajstić information content (AvgIpc) is 2.98. The summed E-state index contributed by atoms with van der Waals surface area (Å²) in [7, 11) is 0. The molecule has 7 N–H and O–H groups in total. The van der Waals surface area contributed by atoms with Crippen LogP contribution in [0.1, 0.15) is 98.8 Å². The molecule has 256 valence electrons. The summed E-state index contributed by atoms with van der Waals surface area (Å²) in [4.78, 5) is 12.9. The second kappa shape index (κ2) is 11.0. The monoisotopic (exact) mass is 636 g/mol. The molecule has 0 aromatic heterocycles. The first kappa shape index (κ1) is 33.8. The highest BCUT2D eigenvalue weighted by molar-refractivity contribution is 5.76. The smallest absolute Gasteiger partial charge is 0.310 e. The van der Waals surface area contributed by atoms with Gasteiger partial charge in [0, 0.05) is 5.41 Å². The van der Waals surface area contributed by atoms with Crippen molar-refractivity contribution in [2.75, 3.05) is 13.2 Å². The molecule has 1 heterocycles. The van der Waals surface area contributed by atoms with Crippen LogP contribution in [0, 0.1) is 44.8 Å².